The number of carbonyl (C=O) groups excluding carboxylic acids is 1. The summed E-state index contributed by atoms with van der Waals surface area (Å²) < 4.78 is 4.91. The molecule has 0 bridgehead atoms. The Labute approximate surface area is 115 Å². The van der Waals surface area contributed by atoms with Crippen molar-refractivity contribution in [3.63, 3.8) is 0 Å². The van der Waals surface area contributed by atoms with Gasteiger partial charge in [-0.15, -0.1) is 0 Å². The molecule has 1 atom stereocenters. The van der Waals surface area contributed by atoms with Crippen LogP contribution < -0.4 is 5.32 Å². The van der Waals surface area contributed by atoms with Gasteiger partial charge in [0.05, 0.1) is 7.11 Å². The van der Waals surface area contributed by atoms with Gasteiger partial charge in [-0.2, -0.15) is 0 Å². The van der Waals surface area contributed by atoms with Crippen LogP contribution >= 0.6 is 0 Å². The minimum absolute atomic E-state index is 0.0494. The van der Waals surface area contributed by atoms with Gasteiger partial charge in [0.1, 0.15) is 6.04 Å². The molecule has 0 saturated heterocycles. The lowest BCUT2D eigenvalue weighted by Crippen LogP contribution is -2.33. The molecule has 1 unspecified atom stereocenters. The van der Waals surface area contributed by atoms with Gasteiger partial charge in [-0.1, -0.05) is 39.0 Å². The van der Waals surface area contributed by atoms with Crippen LogP contribution in [0.25, 0.3) is 0 Å². The molecule has 0 amide bonds. The maximum Gasteiger partial charge on any atom is 0.328 e. The Kier molecular flexibility index (Phi) is 3.83. The fourth-order valence-electron chi connectivity index (χ4n) is 2.36. The van der Waals surface area contributed by atoms with E-state index in [0.29, 0.717) is 5.92 Å². The molecule has 1 aliphatic rings. The van der Waals surface area contributed by atoms with Crippen molar-refractivity contribution in [2.75, 3.05) is 12.4 Å². The van der Waals surface area contributed by atoms with Crippen molar-refractivity contribution < 1.29 is 9.53 Å². The Morgan fingerprint density at radius 3 is 2.47 bits per heavy atom. The van der Waals surface area contributed by atoms with E-state index in [1.54, 1.807) is 0 Å². The fraction of sp³-hybridized carbons (Fsp3) is 0.562. The molecule has 0 radical (unpaired) electrons. The number of para-hydroxylation sites is 1. The number of hydrogen-bond acceptors (Lipinski definition) is 3. The third-order valence-corrected chi connectivity index (χ3v) is 3.59. The first-order chi connectivity index (χ1) is 8.93. The van der Waals surface area contributed by atoms with Gasteiger partial charge in [-0.25, -0.2) is 4.79 Å². The van der Waals surface area contributed by atoms with Gasteiger partial charge in [0.2, 0.25) is 0 Å². The highest BCUT2D eigenvalue weighted by Gasteiger charge is 2.37. The first kappa shape index (κ1) is 13.9. The maximum atomic E-state index is 11.9. The lowest BCUT2D eigenvalue weighted by molar-refractivity contribution is -0.142. The average molecular weight is 261 g/mol. The fourth-order valence-corrected chi connectivity index (χ4v) is 2.36. The first-order valence-corrected chi connectivity index (χ1v) is 6.87. The normalized spacial score (nSPS) is 16.8. The SMILES string of the molecule is COC(=O)C(Nc1ccccc1C(C)(C)C)C1CC1. The Morgan fingerprint density at radius 2 is 1.95 bits per heavy atom. The highest BCUT2D eigenvalue weighted by molar-refractivity contribution is 5.80. The van der Waals surface area contributed by atoms with Gasteiger partial charge >= 0.3 is 5.97 Å². The predicted octanol–water partition coefficient (Wildman–Crippen LogP) is 3.35. The lowest BCUT2D eigenvalue weighted by Gasteiger charge is -2.26. The quantitative estimate of drug-likeness (QED) is 0.845. The van der Waals surface area contributed by atoms with E-state index in [1.807, 2.05) is 18.2 Å². The molecule has 19 heavy (non-hydrogen) atoms. The molecule has 0 aliphatic heterocycles. The summed E-state index contributed by atoms with van der Waals surface area (Å²) >= 11 is 0. The van der Waals surface area contributed by atoms with E-state index in [0.717, 1.165) is 18.5 Å². The van der Waals surface area contributed by atoms with Crippen LogP contribution in [0.3, 0.4) is 0 Å². The number of benzene rings is 1. The summed E-state index contributed by atoms with van der Waals surface area (Å²) in [6.45, 7) is 6.54. The number of rotatable bonds is 4. The van der Waals surface area contributed by atoms with Crippen molar-refractivity contribution in [2.24, 2.45) is 5.92 Å². The van der Waals surface area contributed by atoms with Gasteiger partial charge in [-0.3, -0.25) is 0 Å². The zero-order valence-electron chi connectivity index (χ0n) is 12.2. The third kappa shape index (κ3) is 3.28. The Bertz CT molecular complexity index is 458. The Balaban J connectivity index is 2.24. The van der Waals surface area contributed by atoms with E-state index in [-0.39, 0.29) is 17.4 Å². The molecule has 1 aromatic rings. The average Bonchev–Trinajstić information content (AvgIpc) is 3.18. The highest BCUT2D eigenvalue weighted by atomic mass is 16.5. The molecule has 2 rings (SSSR count). The smallest absolute Gasteiger partial charge is 0.328 e. The summed E-state index contributed by atoms with van der Waals surface area (Å²) in [5.74, 6) is 0.256. The molecule has 1 aliphatic carbocycles. The zero-order chi connectivity index (χ0) is 14.0. The Hall–Kier alpha value is -1.51. The second-order valence-corrected chi connectivity index (χ2v) is 6.28. The maximum absolute atomic E-state index is 11.9. The van der Waals surface area contributed by atoms with Gasteiger partial charge in [0.25, 0.3) is 0 Å². The molecule has 3 heteroatoms. The molecule has 1 saturated carbocycles. The molecule has 0 aromatic heterocycles. The highest BCUT2D eigenvalue weighted by Crippen LogP contribution is 2.37. The molecule has 0 spiro atoms. The second-order valence-electron chi connectivity index (χ2n) is 6.28. The molecular formula is C16H23NO2. The van der Waals surface area contributed by atoms with Crippen LogP contribution in [0.1, 0.15) is 39.2 Å². The van der Waals surface area contributed by atoms with Crippen molar-refractivity contribution in [2.45, 2.75) is 45.1 Å². The first-order valence-electron chi connectivity index (χ1n) is 6.87. The van der Waals surface area contributed by atoms with Crippen LogP contribution in [0.5, 0.6) is 0 Å². The number of esters is 1. The van der Waals surface area contributed by atoms with Crippen LogP contribution in [0, 0.1) is 5.92 Å². The van der Waals surface area contributed by atoms with Crippen LogP contribution in [0.15, 0.2) is 24.3 Å². The number of hydrogen-bond donors (Lipinski definition) is 1. The summed E-state index contributed by atoms with van der Waals surface area (Å²) in [5, 5.41) is 3.39. The van der Waals surface area contributed by atoms with Crippen LogP contribution in [0.2, 0.25) is 0 Å². The number of anilines is 1. The second kappa shape index (κ2) is 5.24. The topological polar surface area (TPSA) is 38.3 Å². The summed E-state index contributed by atoms with van der Waals surface area (Å²) in [5.41, 5.74) is 2.32. The van der Waals surface area contributed by atoms with Gasteiger partial charge in [-0.05, 0) is 35.8 Å². The van der Waals surface area contributed by atoms with E-state index in [1.165, 1.54) is 12.7 Å². The molecule has 1 aromatic carbocycles. The van der Waals surface area contributed by atoms with E-state index in [2.05, 4.69) is 32.2 Å². The summed E-state index contributed by atoms with van der Waals surface area (Å²) in [4.78, 5) is 11.9. The van der Waals surface area contributed by atoms with Crippen molar-refractivity contribution in [1.82, 2.24) is 0 Å². The Morgan fingerprint density at radius 1 is 1.32 bits per heavy atom. The molecule has 104 valence electrons. The van der Waals surface area contributed by atoms with Gasteiger partial charge in [0, 0.05) is 5.69 Å². The van der Waals surface area contributed by atoms with E-state index in [9.17, 15) is 4.79 Å². The minimum Gasteiger partial charge on any atom is -0.467 e. The monoisotopic (exact) mass is 261 g/mol. The molecule has 0 heterocycles. The third-order valence-electron chi connectivity index (χ3n) is 3.59. The molecular weight excluding hydrogens is 238 g/mol. The zero-order valence-corrected chi connectivity index (χ0v) is 12.2. The van der Waals surface area contributed by atoms with Gasteiger partial charge in [0.15, 0.2) is 0 Å². The molecule has 1 fully saturated rings. The van der Waals surface area contributed by atoms with Crippen LogP contribution in [-0.2, 0) is 14.9 Å². The minimum atomic E-state index is -0.214. The summed E-state index contributed by atoms with van der Waals surface area (Å²) in [6.07, 6.45) is 2.20. The molecule has 3 nitrogen and oxygen atoms in total. The van der Waals surface area contributed by atoms with Crippen LogP contribution in [-0.4, -0.2) is 19.1 Å². The van der Waals surface area contributed by atoms with E-state index >= 15 is 0 Å². The van der Waals surface area contributed by atoms with E-state index in [4.69, 9.17) is 4.74 Å². The summed E-state index contributed by atoms with van der Waals surface area (Å²) in [7, 11) is 1.45. The lowest BCUT2D eigenvalue weighted by atomic mass is 9.85. The number of nitrogens with one attached hydrogen (secondary N) is 1. The molecule has 1 N–H and O–H groups in total. The number of methoxy groups -OCH3 is 1. The van der Waals surface area contributed by atoms with Crippen molar-refractivity contribution in [3.8, 4) is 0 Å². The van der Waals surface area contributed by atoms with Crippen molar-refractivity contribution in [3.05, 3.63) is 29.8 Å². The van der Waals surface area contributed by atoms with Crippen LogP contribution in [0.4, 0.5) is 5.69 Å². The number of ether oxygens (including phenoxy) is 1. The van der Waals surface area contributed by atoms with Crippen molar-refractivity contribution in [1.29, 1.82) is 0 Å². The predicted molar refractivity (Wildman–Crippen MR) is 77.3 cm³/mol. The summed E-state index contributed by atoms with van der Waals surface area (Å²) in [6, 6.07) is 7.98. The number of carbonyl (C=O) groups is 1. The largest absolute Gasteiger partial charge is 0.467 e. The van der Waals surface area contributed by atoms with Gasteiger partial charge < -0.3 is 10.1 Å². The standard InChI is InChI=1S/C16H23NO2/c1-16(2,3)12-7-5-6-8-13(12)17-14(11-9-10-11)15(18)19-4/h5-8,11,14,17H,9-10H2,1-4H3. The van der Waals surface area contributed by atoms with Crippen molar-refractivity contribution >= 4 is 11.7 Å². The van der Waals surface area contributed by atoms with E-state index < -0.39 is 0 Å².